The fourth-order valence-electron chi connectivity index (χ4n) is 1.84. The molecule has 0 spiro atoms. The minimum Gasteiger partial charge on any atom is -0.320 e. The molecule has 0 saturated heterocycles. The number of nitriles is 1. The number of benzene rings is 2. The van der Waals surface area contributed by atoms with Crippen molar-refractivity contribution in [3.63, 3.8) is 0 Å². The third kappa shape index (κ3) is 4.46. The highest BCUT2D eigenvalue weighted by Crippen LogP contribution is 2.29. The molecule has 0 aliphatic carbocycles. The monoisotopic (exact) mass is 394 g/mol. The number of amides is 1. The van der Waals surface area contributed by atoms with Crippen molar-refractivity contribution in [1.82, 2.24) is 0 Å². The normalized spacial score (nSPS) is 11.7. The SMILES string of the molecule is N#C/C(=C\c1ccc(C(F)(F)F)cc1)C(=O)Nc1ccccc1Br. The molecule has 2 aromatic rings. The van der Waals surface area contributed by atoms with Gasteiger partial charge in [0.1, 0.15) is 11.6 Å². The van der Waals surface area contributed by atoms with Gasteiger partial charge in [0.2, 0.25) is 0 Å². The van der Waals surface area contributed by atoms with Crippen LogP contribution in [-0.4, -0.2) is 5.91 Å². The highest BCUT2D eigenvalue weighted by Gasteiger charge is 2.29. The van der Waals surface area contributed by atoms with E-state index in [0.717, 1.165) is 12.1 Å². The van der Waals surface area contributed by atoms with Gasteiger partial charge in [0.05, 0.1) is 11.3 Å². The van der Waals surface area contributed by atoms with Crippen molar-refractivity contribution < 1.29 is 18.0 Å². The van der Waals surface area contributed by atoms with Crippen LogP contribution in [0.15, 0.2) is 58.6 Å². The molecule has 1 N–H and O–H groups in total. The maximum atomic E-state index is 12.5. The van der Waals surface area contributed by atoms with Crippen LogP contribution in [0.25, 0.3) is 6.08 Å². The van der Waals surface area contributed by atoms with Crippen LogP contribution in [0.4, 0.5) is 18.9 Å². The van der Waals surface area contributed by atoms with Crippen LogP contribution >= 0.6 is 15.9 Å². The van der Waals surface area contributed by atoms with Crippen molar-refractivity contribution in [1.29, 1.82) is 5.26 Å². The Morgan fingerprint density at radius 1 is 1.12 bits per heavy atom. The van der Waals surface area contributed by atoms with Gasteiger partial charge in [0.25, 0.3) is 5.91 Å². The average Bonchev–Trinajstić information content (AvgIpc) is 2.54. The number of alkyl halides is 3. The molecule has 0 fully saturated rings. The number of carbonyl (C=O) groups excluding carboxylic acids is 1. The van der Waals surface area contributed by atoms with E-state index in [4.69, 9.17) is 5.26 Å². The second-order valence-electron chi connectivity index (χ2n) is 4.72. The van der Waals surface area contributed by atoms with Crippen molar-refractivity contribution in [3.05, 3.63) is 69.7 Å². The van der Waals surface area contributed by atoms with E-state index in [9.17, 15) is 18.0 Å². The predicted octanol–water partition coefficient (Wildman–Crippen LogP) is 5.01. The van der Waals surface area contributed by atoms with Crippen molar-refractivity contribution in [2.75, 3.05) is 5.32 Å². The first-order valence-corrected chi connectivity index (χ1v) is 7.45. The van der Waals surface area contributed by atoms with E-state index < -0.39 is 17.6 Å². The summed E-state index contributed by atoms with van der Waals surface area (Å²) in [7, 11) is 0. The van der Waals surface area contributed by atoms with Crippen molar-refractivity contribution in [3.8, 4) is 6.07 Å². The van der Waals surface area contributed by atoms with Crippen molar-refractivity contribution in [2.24, 2.45) is 0 Å². The molecule has 1 amide bonds. The third-order valence-electron chi connectivity index (χ3n) is 3.04. The van der Waals surface area contributed by atoms with Gasteiger partial charge < -0.3 is 5.32 Å². The van der Waals surface area contributed by atoms with E-state index in [-0.39, 0.29) is 5.57 Å². The molecule has 0 aliphatic heterocycles. The number of rotatable bonds is 3. The van der Waals surface area contributed by atoms with Gasteiger partial charge >= 0.3 is 6.18 Å². The lowest BCUT2D eigenvalue weighted by atomic mass is 10.1. The van der Waals surface area contributed by atoms with E-state index in [2.05, 4.69) is 21.2 Å². The molecule has 0 aliphatic rings. The van der Waals surface area contributed by atoms with Crippen LogP contribution in [0.2, 0.25) is 0 Å². The molecule has 0 bridgehead atoms. The summed E-state index contributed by atoms with van der Waals surface area (Å²) in [6, 6.07) is 12.8. The largest absolute Gasteiger partial charge is 0.416 e. The fraction of sp³-hybridized carbons (Fsp3) is 0.0588. The lowest BCUT2D eigenvalue weighted by Crippen LogP contribution is -2.13. The molecule has 0 saturated carbocycles. The summed E-state index contributed by atoms with van der Waals surface area (Å²) in [5.74, 6) is -0.649. The number of para-hydroxylation sites is 1. The molecule has 0 radical (unpaired) electrons. The third-order valence-corrected chi connectivity index (χ3v) is 3.73. The summed E-state index contributed by atoms with van der Waals surface area (Å²) < 4.78 is 38.2. The Hall–Kier alpha value is -2.59. The molecule has 3 nitrogen and oxygen atoms in total. The average molecular weight is 395 g/mol. The van der Waals surface area contributed by atoms with E-state index in [1.54, 1.807) is 30.3 Å². The minimum absolute atomic E-state index is 0.217. The summed E-state index contributed by atoms with van der Waals surface area (Å²) >= 11 is 3.27. The first kappa shape index (κ1) is 17.8. The number of anilines is 1. The van der Waals surface area contributed by atoms with Gasteiger partial charge in [0, 0.05) is 4.47 Å². The van der Waals surface area contributed by atoms with Gasteiger partial charge in [-0.15, -0.1) is 0 Å². The van der Waals surface area contributed by atoms with Crippen molar-refractivity contribution >= 4 is 33.6 Å². The van der Waals surface area contributed by atoms with Crippen LogP contribution in [0.1, 0.15) is 11.1 Å². The lowest BCUT2D eigenvalue weighted by Gasteiger charge is -2.07. The Labute approximate surface area is 144 Å². The second-order valence-corrected chi connectivity index (χ2v) is 5.58. The number of carbonyl (C=O) groups is 1. The molecule has 24 heavy (non-hydrogen) atoms. The van der Waals surface area contributed by atoms with Gasteiger partial charge in [-0.2, -0.15) is 18.4 Å². The van der Waals surface area contributed by atoms with Crippen LogP contribution in [0, 0.1) is 11.3 Å². The maximum Gasteiger partial charge on any atom is 0.416 e. The van der Waals surface area contributed by atoms with Gasteiger partial charge in [0.15, 0.2) is 0 Å². The standard InChI is InChI=1S/C17H10BrF3N2O/c18-14-3-1-2-4-15(14)23-16(24)12(10-22)9-11-5-7-13(8-6-11)17(19,20)21/h1-9H,(H,23,24)/b12-9+. The lowest BCUT2D eigenvalue weighted by molar-refractivity contribution is -0.137. The molecular formula is C17H10BrF3N2O. The maximum absolute atomic E-state index is 12.5. The smallest absolute Gasteiger partial charge is 0.320 e. The van der Waals surface area contributed by atoms with Gasteiger partial charge in [-0.05, 0) is 51.8 Å². The highest BCUT2D eigenvalue weighted by molar-refractivity contribution is 9.10. The molecular weight excluding hydrogens is 385 g/mol. The Balaban J connectivity index is 2.21. The fourth-order valence-corrected chi connectivity index (χ4v) is 2.22. The molecule has 2 rings (SSSR count). The molecule has 0 aromatic heterocycles. The topological polar surface area (TPSA) is 52.9 Å². The molecule has 0 unspecified atom stereocenters. The van der Waals surface area contributed by atoms with E-state index in [1.165, 1.54) is 18.2 Å². The van der Waals surface area contributed by atoms with E-state index >= 15 is 0 Å². The zero-order valence-electron chi connectivity index (χ0n) is 12.1. The molecule has 2 aromatic carbocycles. The predicted molar refractivity (Wildman–Crippen MR) is 87.8 cm³/mol. The Bertz CT molecular complexity index is 821. The molecule has 122 valence electrons. The van der Waals surface area contributed by atoms with E-state index in [1.807, 2.05) is 0 Å². The van der Waals surface area contributed by atoms with E-state index in [0.29, 0.717) is 15.7 Å². The Kier molecular flexibility index (Phi) is 5.42. The zero-order chi connectivity index (χ0) is 17.7. The summed E-state index contributed by atoms with van der Waals surface area (Å²) in [5.41, 5.74) is -0.209. The summed E-state index contributed by atoms with van der Waals surface area (Å²) in [5, 5.41) is 11.7. The minimum atomic E-state index is -4.43. The van der Waals surface area contributed by atoms with Gasteiger partial charge in [-0.1, -0.05) is 24.3 Å². The van der Waals surface area contributed by atoms with Crippen LogP contribution in [0.3, 0.4) is 0 Å². The molecule has 0 heterocycles. The van der Waals surface area contributed by atoms with Crippen LogP contribution < -0.4 is 5.32 Å². The summed E-state index contributed by atoms with van der Waals surface area (Å²) in [6.45, 7) is 0. The van der Waals surface area contributed by atoms with Crippen LogP contribution in [-0.2, 0) is 11.0 Å². The molecule has 7 heteroatoms. The second kappa shape index (κ2) is 7.32. The first-order valence-electron chi connectivity index (χ1n) is 6.66. The van der Waals surface area contributed by atoms with Crippen LogP contribution in [0.5, 0.6) is 0 Å². The summed E-state index contributed by atoms with van der Waals surface area (Å²) in [6.07, 6.45) is -3.20. The highest BCUT2D eigenvalue weighted by atomic mass is 79.9. The number of halogens is 4. The Morgan fingerprint density at radius 3 is 2.29 bits per heavy atom. The number of hydrogen-bond donors (Lipinski definition) is 1. The number of nitrogens with zero attached hydrogens (tertiary/aromatic N) is 1. The quantitative estimate of drug-likeness (QED) is 0.587. The number of hydrogen-bond acceptors (Lipinski definition) is 2. The molecule has 0 atom stereocenters. The Morgan fingerprint density at radius 2 is 1.75 bits per heavy atom. The van der Waals surface area contributed by atoms with Gasteiger partial charge in [-0.25, -0.2) is 0 Å². The first-order chi connectivity index (χ1) is 11.3. The van der Waals surface area contributed by atoms with Gasteiger partial charge in [-0.3, -0.25) is 4.79 Å². The number of nitrogens with one attached hydrogen (secondary N) is 1. The van der Waals surface area contributed by atoms with Crippen molar-refractivity contribution in [2.45, 2.75) is 6.18 Å². The summed E-state index contributed by atoms with van der Waals surface area (Å²) in [4.78, 5) is 12.1. The zero-order valence-corrected chi connectivity index (χ0v) is 13.6.